The van der Waals surface area contributed by atoms with E-state index in [9.17, 15) is 16.8 Å². The molecule has 21 heavy (non-hydrogen) atoms. The molecule has 1 aromatic heterocycles. The summed E-state index contributed by atoms with van der Waals surface area (Å²) in [6, 6.07) is 0. The minimum absolute atomic E-state index is 0.0729. The first kappa shape index (κ1) is 17.9. The third-order valence-electron chi connectivity index (χ3n) is 2.81. The molecule has 0 aliphatic rings. The summed E-state index contributed by atoms with van der Waals surface area (Å²) in [7, 11) is -5.43. The van der Waals surface area contributed by atoms with E-state index in [1.165, 1.54) is 15.2 Å². The van der Waals surface area contributed by atoms with E-state index in [4.69, 9.17) is 5.73 Å². The average molecular weight is 339 g/mol. The third-order valence-corrected chi connectivity index (χ3v) is 5.67. The van der Waals surface area contributed by atoms with Crippen LogP contribution in [0.1, 0.15) is 13.3 Å². The molecule has 0 spiro atoms. The molecule has 0 bridgehead atoms. The summed E-state index contributed by atoms with van der Waals surface area (Å²) in [6.07, 6.45) is 2.80. The van der Waals surface area contributed by atoms with Crippen LogP contribution >= 0.6 is 0 Å². The lowest BCUT2D eigenvalue weighted by Crippen LogP contribution is -2.33. The number of nitrogen functional groups attached to an aromatic ring is 1. The van der Waals surface area contributed by atoms with Crippen molar-refractivity contribution in [1.82, 2.24) is 18.8 Å². The molecule has 0 fully saturated rings. The second-order valence-electron chi connectivity index (χ2n) is 4.56. The fraction of sp³-hybridized carbons (Fsp3) is 0.700. The lowest BCUT2D eigenvalue weighted by Gasteiger charge is -2.17. The Morgan fingerprint density at radius 2 is 2.00 bits per heavy atom. The van der Waals surface area contributed by atoms with Crippen LogP contribution in [-0.4, -0.2) is 56.8 Å². The summed E-state index contributed by atoms with van der Waals surface area (Å²) < 4.78 is 51.7. The number of nitrogens with two attached hydrogens (primary N) is 1. The van der Waals surface area contributed by atoms with E-state index in [-0.39, 0.29) is 23.8 Å². The number of nitrogens with one attached hydrogen (secondary N) is 1. The van der Waals surface area contributed by atoms with E-state index in [0.717, 1.165) is 6.26 Å². The first-order valence-electron chi connectivity index (χ1n) is 6.32. The number of aryl methyl sites for hydroxylation is 1. The van der Waals surface area contributed by atoms with Gasteiger partial charge in [-0.3, -0.25) is 4.68 Å². The minimum Gasteiger partial charge on any atom is -0.381 e. The summed E-state index contributed by atoms with van der Waals surface area (Å²) >= 11 is 0. The van der Waals surface area contributed by atoms with E-state index in [1.807, 2.05) is 0 Å². The second kappa shape index (κ2) is 6.73. The Kier molecular flexibility index (Phi) is 5.73. The summed E-state index contributed by atoms with van der Waals surface area (Å²) in [5.74, 6) is -0.0729. The van der Waals surface area contributed by atoms with Gasteiger partial charge in [0.25, 0.3) is 0 Å². The van der Waals surface area contributed by atoms with Gasteiger partial charge >= 0.3 is 0 Å². The van der Waals surface area contributed by atoms with Crippen LogP contribution in [0.5, 0.6) is 0 Å². The molecule has 0 radical (unpaired) electrons. The molecule has 0 aromatic carbocycles. The molecule has 122 valence electrons. The van der Waals surface area contributed by atoms with E-state index in [2.05, 4.69) is 9.82 Å². The molecule has 0 atom stereocenters. The van der Waals surface area contributed by atoms with Gasteiger partial charge in [0.05, 0.1) is 6.26 Å². The fourth-order valence-corrected chi connectivity index (χ4v) is 3.89. The van der Waals surface area contributed by atoms with Gasteiger partial charge in [-0.05, 0) is 6.42 Å². The quantitative estimate of drug-likeness (QED) is 0.582. The average Bonchev–Trinajstić information content (AvgIpc) is 2.67. The maximum atomic E-state index is 12.0. The smallest absolute Gasteiger partial charge is 0.245 e. The molecule has 0 saturated heterocycles. The Bertz CT molecular complexity index is 680. The Morgan fingerprint density at radius 3 is 2.43 bits per heavy atom. The molecule has 1 heterocycles. The number of nitrogens with zero attached hydrogens (tertiary/aromatic N) is 3. The number of hydrogen-bond donors (Lipinski definition) is 2. The van der Waals surface area contributed by atoms with E-state index in [1.54, 1.807) is 14.0 Å². The van der Waals surface area contributed by atoms with Crippen LogP contribution in [-0.2, 0) is 27.1 Å². The van der Waals surface area contributed by atoms with Crippen molar-refractivity contribution in [3.63, 3.8) is 0 Å². The van der Waals surface area contributed by atoms with E-state index in [0.29, 0.717) is 13.0 Å². The minimum atomic E-state index is -3.74. The van der Waals surface area contributed by atoms with Gasteiger partial charge in [0.15, 0.2) is 5.82 Å². The zero-order valence-electron chi connectivity index (χ0n) is 12.3. The van der Waals surface area contributed by atoms with Crippen LogP contribution in [0.4, 0.5) is 5.82 Å². The van der Waals surface area contributed by atoms with Gasteiger partial charge in [0, 0.05) is 32.9 Å². The van der Waals surface area contributed by atoms with Crippen molar-refractivity contribution in [3.8, 4) is 0 Å². The topological polar surface area (TPSA) is 127 Å². The maximum Gasteiger partial charge on any atom is 0.245 e. The number of aromatic nitrogens is 2. The van der Waals surface area contributed by atoms with Gasteiger partial charge in [-0.25, -0.2) is 25.9 Å². The van der Waals surface area contributed by atoms with Crippen molar-refractivity contribution in [2.45, 2.75) is 18.2 Å². The zero-order valence-corrected chi connectivity index (χ0v) is 13.9. The predicted molar refractivity (Wildman–Crippen MR) is 79.5 cm³/mol. The first-order valence-corrected chi connectivity index (χ1v) is 9.65. The molecule has 3 N–H and O–H groups in total. The fourth-order valence-electron chi connectivity index (χ4n) is 1.79. The molecule has 0 aliphatic heterocycles. The molecule has 0 aliphatic carbocycles. The summed E-state index contributed by atoms with van der Waals surface area (Å²) in [4.78, 5) is -0.0829. The van der Waals surface area contributed by atoms with Crippen LogP contribution < -0.4 is 10.5 Å². The Hall–Kier alpha value is -1.17. The summed E-state index contributed by atoms with van der Waals surface area (Å²) in [5, 5.41) is 3.77. The number of rotatable bonds is 8. The molecule has 1 aromatic rings. The molecular formula is C10H21N5O4S2. The van der Waals surface area contributed by atoms with Crippen molar-refractivity contribution in [2.75, 3.05) is 31.6 Å². The van der Waals surface area contributed by atoms with E-state index >= 15 is 0 Å². The van der Waals surface area contributed by atoms with Crippen molar-refractivity contribution < 1.29 is 16.8 Å². The number of sulfonamides is 2. The third kappa shape index (κ3) is 4.95. The van der Waals surface area contributed by atoms with Crippen LogP contribution in [0.2, 0.25) is 0 Å². The maximum absolute atomic E-state index is 12.0. The van der Waals surface area contributed by atoms with Gasteiger partial charge in [-0.1, -0.05) is 6.92 Å². The number of anilines is 1. The summed E-state index contributed by atoms with van der Waals surface area (Å²) in [6.45, 7) is 2.44. The van der Waals surface area contributed by atoms with Crippen molar-refractivity contribution in [1.29, 1.82) is 0 Å². The largest absolute Gasteiger partial charge is 0.381 e. The first-order chi connectivity index (χ1) is 9.58. The van der Waals surface area contributed by atoms with Crippen molar-refractivity contribution in [2.24, 2.45) is 7.05 Å². The van der Waals surface area contributed by atoms with Gasteiger partial charge in [0.2, 0.25) is 20.0 Å². The highest BCUT2D eigenvalue weighted by atomic mass is 32.2. The highest BCUT2D eigenvalue weighted by Crippen LogP contribution is 2.14. The van der Waals surface area contributed by atoms with Crippen LogP contribution in [0.25, 0.3) is 0 Å². The van der Waals surface area contributed by atoms with Gasteiger partial charge < -0.3 is 5.73 Å². The lowest BCUT2D eigenvalue weighted by molar-refractivity contribution is 0.424. The van der Waals surface area contributed by atoms with Crippen molar-refractivity contribution >= 4 is 25.9 Å². The normalized spacial score (nSPS) is 13.0. The lowest BCUT2D eigenvalue weighted by atomic mass is 10.4. The monoisotopic (exact) mass is 339 g/mol. The van der Waals surface area contributed by atoms with Crippen LogP contribution in [0, 0.1) is 0 Å². The summed E-state index contributed by atoms with van der Waals surface area (Å²) in [5.41, 5.74) is 5.52. The Morgan fingerprint density at radius 1 is 1.38 bits per heavy atom. The zero-order chi connectivity index (χ0) is 16.3. The van der Waals surface area contributed by atoms with Gasteiger partial charge in [-0.15, -0.1) is 0 Å². The van der Waals surface area contributed by atoms with Crippen molar-refractivity contribution in [3.05, 3.63) is 6.20 Å². The SMILES string of the molecule is CCN(CCCNS(=O)(=O)c1cn(C)nc1N)S(C)(=O)=O. The highest BCUT2D eigenvalue weighted by Gasteiger charge is 2.20. The molecule has 0 unspecified atom stereocenters. The molecule has 9 nitrogen and oxygen atoms in total. The molecule has 0 amide bonds. The molecular weight excluding hydrogens is 318 g/mol. The van der Waals surface area contributed by atoms with Crippen LogP contribution in [0.3, 0.4) is 0 Å². The number of hydrogen-bond acceptors (Lipinski definition) is 6. The Balaban J connectivity index is 2.58. The molecule has 1 rings (SSSR count). The van der Waals surface area contributed by atoms with E-state index < -0.39 is 20.0 Å². The standard InChI is InChI=1S/C10H21N5O4S2/c1-4-15(20(3,16)17)7-5-6-12-21(18,19)9-8-14(2)13-10(9)11/h8,12H,4-7H2,1-3H3,(H2,11,13). The molecule has 11 heteroatoms. The highest BCUT2D eigenvalue weighted by molar-refractivity contribution is 7.89. The van der Waals surface area contributed by atoms with Gasteiger partial charge in [-0.2, -0.15) is 5.10 Å². The van der Waals surface area contributed by atoms with Crippen LogP contribution in [0.15, 0.2) is 11.1 Å². The predicted octanol–water partition coefficient (Wildman–Crippen LogP) is -1.05. The van der Waals surface area contributed by atoms with Gasteiger partial charge in [0.1, 0.15) is 4.90 Å². The second-order valence-corrected chi connectivity index (χ2v) is 8.28. The molecule has 0 saturated carbocycles. The Labute approximate surface area is 125 Å².